The zero-order valence-corrected chi connectivity index (χ0v) is 29.1. The molecule has 0 N–H and O–H groups in total. The van der Waals surface area contributed by atoms with E-state index in [2.05, 4.69) is 108 Å². The Morgan fingerprint density at radius 3 is 2.09 bits per heavy atom. The Balaban J connectivity index is 1.24. The van der Waals surface area contributed by atoms with Crippen molar-refractivity contribution in [1.29, 1.82) is 0 Å². The second kappa shape index (κ2) is 11.5. The Morgan fingerprint density at radius 2 is 1.23 bits per heavy atom. The normalized spacial score (nSPS) is 17.4. The number of hydrogen-bond donors (Lipinski definition) is 0. The zero-order chi connectivity index (χ0) is 42.1. The van der Waals surface area contributed by atoms with Gasteiger partial charge < -0.3 is 0 Å². The van der Waals surface area contributed by atoms with Gasteiger partial charge >= 0.3 is 0 Å². The van der Waals surface area contributed by atoms with Gasteiger partial charge in [-0.2, -0.15) is 0 Å². The van der Waals surface area contributed by atoms with Crippen LogP contribution in [0.25, 0.3) is 77.6 Å². The van der Waals surface area contributed by atoms with Crippen LogP contribution < -0.4 is 0 Å². The fourth-order valence-electron chi connectivity index (χ4n) is 8.25. The van der Waals surface area contributed by atoms with E-state index in [0.29, 0.717) is 5.56 Å². The third-order valence-corrected chi connectivity index (χ3v) is 11.6. The molecule has 1 spiro atoms. The van der Waals surface area contributed by atoms with E-state index in [4.69, 9.17) is 20.9 Å². The average Bonchev–Trinajstić information content (AvgIpc) is 3.74. The lowest BCUT2D eigenvalue weighted by Gasteiger charge is -2.35. The van der Waals surface area contributed by atoms with Crippen LogP contribution in [-0.4, -0.2) is 15.0 Å². The molecule has 0 fully saturated rings. The summed E-state index contributed by atoms with van der Waals surface area (Å²) in [6, 6.07) is 34.8. The molecule has 2 aliphatic carbocycles. The lowest BCUT2D eigenvalue weighted by atomic mass is 9.65. The molecule has 4 heteroatoms. The smallest absolute Gasteiger partial charge is 0.164 e. The van der Waals surface area contributed by atoms with Crippen LogP contribution in [0.1, 0.15) is 49.9 Å². The summed E-state index contributed by atoms with van der Waals surface area (Å²) >= 11 is 1.79. The van der Waals surface area contributed by atoms with Gasteiger partial charge in [0.15, 0.2) is 17.5 Å². The molecule has 9 aromatic rings. The number of nitrogens with zero attached hydrogens (tertiary/aromatic N) is 3. The first kappa shape index (κ1) is 23.1. The van der Waals surface area contributed by atoms with Crippen molar-refractivity contribution >= 4 is 43.7 Å². The minimum atomic E-state index is -0.810. The summed E-state index contributed by atoms with van der Waals surface area (Å²) in [5.41, 5.74) is 8.67. The molecule has 2 aromatic heterocycles. The lowest BCUT2D eigenvalue weighted by Crippen LogP contribution is -2.30. The van der Waals surface area contributed by atoms with Gasteiger partial charge in [-0.25, -0.2) is 15.0 Å². The SMILES string of the molecule is [2H]c1cc(-c2nc(-c3ccc4c(c3)C3(c5ccccc5C=C4)c4ccccc4-c4cc5sc6ccccc6c5cc43)nc(-c3c([2H])c([2H])c([2H])c([2H])c3[2H])n2)c([2H])c(C)c1[2H]. The van der Waals surface area contributed by atoms with E-state index < -0.39 is 35.6 Å². The summed E-state index contributed by atoms with van der Waals surface area (Å²) in [7, 11) is 0. The van der Waals surface area contributed by atoms with Crippen molar-refractivity contribution in [2.45, 2.75) is 12.3 Å². The Hall–Kier alpha value is -6.49. The highest BCUT2D eigenvalue weighted by Crippen LogP contribution is 2.60. The van der Waals surface area contributed by atoms with Crippen molar-refractivity contribution in [3.63, 3.8) is 0 Å². The van der Waals surface area contributed by atoms with Crippen molar-refractivity contribution < 1.29 is 11.0 Å². The van der Waals surface area contributed by atoms with E-state index in [1.165, 1.54) is 26.2 Å². The van der Waals surface area contributed by atoms with Crippen molar-refractivity contribution in [2.24, 2.45) is 0 Å². The molecule has 53 heavy (non-hydrogen) atoms. The zero-order valence-electron chi connectivity index (χ0n) is 36.3. The first-order chi connectivity index (χ1) is 29.5. The highest BCUT2D eigenvalue weighted by atomic mass is 32.1. The van der Waals surface area contributed by atoms with Gasteiger partial charge in [-0.15, -0.1) is 11.3 Å². The number of aromatic nitrogens is 3. The minimum absolute atomic E-state index is 0.0217. The molecule has 2 heterocycles. The van der Waals surface area contributed by atoms with Gasteiger partial charge in [0.2, 0.25) is 0 Å². The maximum Gasteiger partial charge on any atom is 0.164 e. The average molecular weight is 702 g/mol. The van der Waals surface area contributed by atoms with Crippen LogP contribution in [0.4, 0.5) is 0 Å². The fraction of sp³-hybridized carbons (Fsp3) is 0.0408. The summed E-state index contributed by atoms with van der Waals surface area (Å²) in [6.45, 7) is 1.59. The fourth-order valence-corrected chi connectivity index (χ4v) is 9.38. The number of benzene rings is 7. The predicted molar refractivity (Wildman–Crippen MR) is 220 cm³/mol. The molecule has 3 nitrogen and oxygen atoms in total. The van der Waals surface area contributed by atoms with Crippen molar-refractivity contribution in [1.82, 2.24) is 15.0 Å². The predicted octanol–water partition coefficient (Wildman–Crippen LogP) is 12.4. The van der Waals surface area contributed by atoms with Gasteiger partial charge in [-0.1, -0.05) is 145 Å². The van der Waals surface area contributed by atoms with Crippen LogP contribution in [0.3, 0.4) is 0 Å². The van der Waals surface area contributed by atoms with Crippen LogP contribution in [0.15, 0.2) is 158 Å². The summed E-state index contributed by atoms with van der Waals surface area (Å²) in [5, 5.41) is 2.37. The summed E-state index contributed by atoms with van der Waals surface area (Å²) in [5.74, 6) is -0.0455. The van der Waals surface area contributed by atoms with Gasteiger partial charge in [-0.05, 0) is 81.7 Å². The van der Waals surface area contributed by atoms with Crippen molar-refractivity contribution in [3.8, 4) is 45.3 Å². The Bertz CT molecular complexity index is 3420. The lowest BCUT2D eigenvalue weighted by molar-refractivity contribution is 0.767. The molecule has 0 saturated heterocycles. The van der Waals surface area contributed by atoms with Crippen molar-refractivity contribution in [3.05, 3.63) is 196 Å². The van der Waals surface area contributed by atoms with E-state index in [0.717, 1.165) is 44.5 Å². The third kappa shape index (κ3) is 4.49. The number of fused-ring (bicyclic) bond motifs is 12. The van der Waals surface area contributed by atoms with Crippen LogP contribution >= 0.6 is 11.3 Å². The molecule has 1 atom stereocenters. The Labute approximate surface area is 322 Å². The Morgan fingerprint density at radius 1 is 0.509 bits per heavy atom. The van der Waals surface area contributed by atoms with Gasteiger partial charge in [0.25, 0.3) is 0 Å². The third-order valence-electron chi connectivity index (χ3n) is 10.5. The number of rotatable bonds is 3. The number of thiophene rings is 1. The highest BCUT2D eigenvalue weighted by molar-refractivity contribution is 7.25. The molecule has 0 amide bonds. The van der Waals surface area contributed by atoms with Gasteiger partial charge in [0.1, 0.15) is 0 Å². The van der Waals surface area contributed by atoms with E-state index in [1.807, 2.05) is 12.1 Å². The van der Waals surface area contributed by atoms with E-state index in [-0.39, 0.29) is 52.3 Å². The molecular weight excluding hydrogens is 663 g/mol. The molecular formula is C49H31N3S. The molecule has 0 bridgehead atoms. The molecule has 2 aliphatic rings. The molecule has 0 aliphatic heterocycles. The first-order valence-electron chi connectivity index (χ1n) is 21.4. The Kier molecular flexibility index (Phi) is 5.03. The second-order valence-electron chi connectivity index (χ2n) is 13.4. The molecule has 11 rings (SSSR count). The molecule has 0 radical (unpaired) electrons. The largest absolute Gasteiger partial charge is 0.208 e. The van der Waals surface area contributed by atoms with E-state index >= 15 is 0 Å². The molecule has 248 valence electrons. The topological polar surface area (TPSA) is 38.7 Å². The summed E-state index contributed by atoms with van der Waals surface area (Å²) in [4.78, 5) is 14.4. The summed E-state index contributed by atoms with van der Waals surface area (Å²) < 4.78 is 71.2. The highest BCUT2D eigenvalue weighted by Gasteiger charge is 2.49. The minimum Gasteiger partial charge on any atom is -0.208 e. The van der Waals surface area contributed by atoms with E-state index in [1.54, 1.807) is 18.3 Å². The quantitative estimate of drug-likeness (QED) is 0.184. The van der Waals surface area contributed by atoms with Gasteiger partial charge in [0, 0.05) is 36.9 Å². The van der Waals surface area contributed by atoms with Gasteiger partial charge in [0.05, 0.1) is 16.4 Å². The van der Waals surface area contributed by atoms with Crippen LogP contribution in [0.5, 0.6) is 0 Å². The van der Waals surface area contributed by atoms with E-state index in [9.17, 15) is 0 Å². The standard InChI is InChI=1S/C49H31N3S/c1-30-12-11-16-34(26-30)47-50-46(33-14-3-2-4-15-33)51-48(52-47)35-25-24-32-23-22-31-13-5-8-19-40(31)49(42(32)27-35)41-20-9-6-17-36(41)38-29-45-39(28-43(38)49)37-18-7-10-21-44(37)53-45/h2-29H,1H3/i2D,3D,4D,11D,12D,14D,15D,26D. The number of hydrogen-bond acceptors (Lipinski definition) is 4. The second-order valence-corrected chi connectivity index (χ2v) is 14.5. The molecule has 0 saturated carbocycles. The first-order valence-corrected chi connectivity index (χ1v) is 18.2. The van der Waals surface area contributed by atoms with Crippen molar-refractivity contribution in [2.75, 3.05) is 0 Å². The molecule has 1 unspecified atom stereocenters. The molecule has 7 aromatic carbocycles. The monoisotopic (exact) mass is 701 g/mol. The summed E-state index contributed by atoms with van der Waals surface area (Å²) in [6.07, 6.45) is 4.29. The maximum absolute atomic E-state index is 8.99. The van der Waals surface area contributed by atoms with Crippen LogP contribution in [-0.2, 0) is 5.41 Å². The van der Waals surface area contributed by atoms with Crippen LogP contribution in [0, 0.1) is 6.92 Å². The maximum atomic E-state index is 8.99. The van der Waals surface area contributed by atoms with Gasteiger partial charge in [-0.3, -0.25) is 0 Å². The van der Waals surface area contributed by atoms with Crippen LogP contribution in [0.2, 0.25) is 0 Å².